The van der Waals surface area contributed by atoms with Crippen molar-refractivity contribution in [2.75, 3.05) is 25.1 Å². The van der Waals surface area contributed by atoms with Crippen LogP contribution in [0.15, 0.2) is 87.9 Å². The summed E-state index contributed by atoms with van der Waals surface area (Å²) < 4.78 is 70.6. The number of nitrogens with zero attached hydrogens (tertiary/aromatic N) is 3. The Morgan fingerprint density at radius 3 is 2.10 bits per heavy atom. The molecule has 7 amide bonds. The number of hydrazone groups is 1. The summed E-state index contributed by atoms with van der Waals surface area (Å²) in [5, 5.41) is 29.5. The van der Waals surface area contributed by atoms with E-state index in [1.807, 2.05) is 0 Å². The van der Waals surface area contributed by atoms with Gasteiger partial charge in [-0.2, -0.15) is 26.7 Å². The predicted octanol–water partition coefficient (Wildman–Crippen LogP) is -0.766. The number of halogens is 3. The number of anilines is 1. The van der Waals surface area contributed by atoms with Gasteiger partial charge in [0.25, 0.3) is 16.0 Å². The number of rotatable bonds is 18. The highest BCUT2D eigenvalue weighted by Gasteiger charge is 2.39. The number of amides is 7. The average molecular weight is 1000 g/mol. The monoisotopic (exact) mass is 1000 g/mol. The van der Waals surface area contributed by atoms with Crippen molar-refractivity contribution in [1.29, 1.82) is 0 Å². The van der Waals surface area contributed by atoms with Crippen molar-refractivity contribution in [3.63, 3.8) is 0 Å². The Kier molecular flexibility index (Phi) is 20.2. The highest BCUT2D eigenvalue weighted by atomic mass is 32.2. The largest absolute Gasteiger partial charge is 0.481 e. The average Bonchev–Trinajstić information content (AvgIpc) is 3.30. The van der Waals surface area contributed by atoms with Crippen molar-refractivity contribution in [3.8, 4) is 0 Å². The number of hydrogen-bond acceptors (Lipinski definition) is 14. The van der Waals surface area contributed by atoms with E-state index in [2.05, 4.69) is 52.4 Å². The van der Waals surface area contributed by atoms with Crippen LogP contribution in [-0.2, 0) is 50.1 Å². The number of aromatic nitrogens is 1. The molecule has 1 saturated heterocycles. The second kappa shape index (κ2) is 25.9. The lowest BCUT2D eigenvalue weighted by Crippen LogP contribution is -2.58. The van der Waals surface area contributed by atoms with Crippen molar-refractivity contribution < 1.29 is 69.6 Å². The molecule has 0 saturated carbocycles. The standard InChI is InChI=1S/C42H49F3N12O12S/c43-42(44,45)40(66)56-41(46)48-18-8-13-27-36(62)50-23-33(58)52-30(20-34(59)60)39(65)55-29(19-24-9-2-1-3-10-24)38(64)54-28(37(63)53-27)12-6-7-17-47-35(61)26-15-16-32(49-21-26)57-51-22-25-11-4-5-14-31(25)70(67,68)69/h1-5,9-11,14-16,21-22,27-30H,6-8,12-13,17-20,23H2,(H,47,61)(H,49,57)(H,50,62)(H,52,58)(H,53,63)(H,54,64)(H,55,65)(H,59,60)(H,67,68,69)(H3,46,48,56,66)/b51-22+/t27-,28-,29+,30-/m0/s1. The number of nitrogens with two attached hydrogens (primary N) is 1. The summed E-state index contributed by atoms with van der Waals surface area (Å²) in [5.41, 5.74) is 8.74. The van der Waals surface area contributed by atoms with Crippen molar-refractivity contribution in [3.05, 3.63) is 89.6 Å². The lowest BCUT2D eigenvalue weighted by Gasteiger charge is -2.26. The van der Waals surface area contributed by atoms with Crippen LogP contribution in [0.5, 0.6) is 0 Å². The van der Waals surface area contributed by atoms with Crippen molar-refractivity contribution in [2.45, 2.75) is 80.2 Å². The summed E-state index contributed by atoms with van der Waals surface area (Å²) >= 11 is 0. The third kappa shape index (κ3) is 18.2. The van der Waals surface area contributed by atoms with Crippen LogP contribution >= 0.6 is 0 Å². The molecule has 24 nitrogen and oxygen atoms in total. The zero-order valence-electron chi connectivity index (χ0n) is 36.8. The maximum absolute atomic E-state index is 14.0. The van der Waals surface area contributed by atoms with Crippen LogP contribution in [-0.4, -0.2) is 133 Å². The Labute approximate surface area is 397 Å². The number of carbonyl (C=O) groups is 8. The quantitative estimate of drug-likeness (QED) is 0.0245. The third-order valence-corrected chi connectivity index (χ3v) is 10.8. The van der Waals surface area contributed by atoms with E-state index in [4.69, 9.17) is 5.73 Å². The first-order chi connectivity index (χ1) is 33.1. The molecule has 1 aliphatic rings. The zero-order valence-corrected chi connectivity index (χ0v) is 37.6. The van der Waals surface area contributed by atoms with E-state index in [1.54, 1.807) is 36.4 Å². The summed E-state index contributed by atoms with van der Waals surface area (Å²) in [6.07, 6.45) is -4.11. The molecule has 2 heterocycles. The van der Waals surface area contributed by atoms with Gasteiger partial charge in [-0.25, -0.2) is 4.98 Å². The topological polar surface area (TPSA) is 371 Å². The molecule has 28 heteroatoms. The highest BCUT2D eigenvalue weighted by Crippen LogP contribution is 2.15. The molecule has 12 N–H and O–H groups in total. The number of aliphatic imine (C=N–C) groups is 1. The van der Waals surface area contributed by atoms with Crippen LogP contribution in [0.1, 0.15) is 60.0 Å². The van der Waals surface area contributed by atoms with Gasteiger partial charge < -0.3 is 42.7 Å². The maximum Gasteiger partial charge on any atom is 0.471 e. The van der Waals surface area contributed by atoms with Gasteiger partial charge in [-0.05, 0) is 55.9 Å². The number of guanidine groups is 1. The van der Waals surface area contributed by atoms with E-state index in [0.29, 0.717) is 5.56 Å². The molecule has 1 aromatic heterocycles. The zero-order chi connectivity index (χ0) is 51.4. The number of carboxylic acids is 1. The van der Waals surface area contributed by atoms with Gasteiger partial charge in [0, 0.05) is 31.3 Å². The number of nitrogens with one attached hydrogen (secondary N) is 8. The van der Waals surface area contributed by atoms with E-state index in [-0.39, 0.29) is 73.5 Å². The molecule has 4 atom stereocenters. The van der Waals surface area contributed by atoms with Crippen LogP contribution in [0.3, 0.4) is 0 Å². The second-order valence-electron chi connectivity index (χ2n) is 15.2. The van der Waals surface area contributed by atoms with E-state index in [9.17, 15) is 69.6 Å². The number of benzene rings is 2. The molecule has 1 fully saturated rings. The first kappa shape index (κ1) is 54.6. The van der Waals surface area contributed by atoms with Gasteiger partial charge in [-0.3, -0.25) is 58.6 Å². The molecule has 0 bridgehead atoms. The van der Waals surface area contributed by atoms with Gasteiger partial charge >= 0.3 is 18.1 Å². The van der Waals surface area contributed by atoms with Crippen LogP contribution in [0.25, 0.3) is 0 Å². The lowest BCUT2D eigenvalue weighted by molar-refractivity contribution is -0.171. The smallest absolute Gasteiger partial charge is 0.471 e. The number of alkyl halides is 3. The Hall–Kier alpha value is -8.01. The van der Waals surface area contributed by atoms with E-state index >= 15 is 0 Å². The first-order valence-electron chi connectivity index (χ1n) is 21.1. The van der Waals surface area contributed by atoms with Crippen LogP contribution < -0.4 is 48.4 Å². The van der Waals surface area contributed by atoms with Gasteiger partial charge in [0.1, 0.15) is 34.9 Å². The SMILES string of the molecule is NC(=NCCC[C@@H]1NC(=O)[C@H](CCCCNC(=O)c2ccc(N/N=C/c3ccccc3S(=O)(=O)O)nc2)NC(=O)[C@@H](Cc2ccccc2)NC(=O)[C@H](CC(=O)O)NC(=O)CNC1=O)NC(=O)C(F)(F)F. The fourth-order valence-corrected chi connectivity index (χ4v) is 7.09. The maximum atomic E-state index is 14.0. The van der Waals surface area contributed by atoms with E-state index in [1.165, 1.54) is 41.8 Å². The minimum absolute atomic E-state index is 0.0510. The summed E-state index contributed by atoms with van der Waals surface area (Å²) in [6, 6.07) is 10.6. The molecule has 376 valence electrons. The summed E-state index contributed by atoms with van der Waals surface area (Å²) in [6.45, 7) is -1.12. The van der Waals surface area contributed by atoms with Crippen LogP contribution in [0.4, 0.5) is 19.0 Å². The number of pyridine rings is 1. The molecular weight excluding hydrogens is 954 g/mol. The Bertz CT molecular complexity index is 2550. The predicted molar refractivity (Wildman–Crippen MR) is 241 cm³/mol. The highest BCUT2D eigenvalue weighted by molar-refractivity contribution is 7.86. The van der Waals surface area contributed by atoms with Crippen molar-refractivity contribution >= 4 is 75.4 Å². The molecule has 0 unspecified atom stereocenters. The first-order valence-corrected chi connectivity index (χ1v) is 22.6. The molecule has 4 rings (SSSR count). The van der Waals surface area contributed by atoms with Crippen molar-refractivity contribution in [1.82, 2.24) is 42.2 Å². The Morgan fingerprint density at radius 2 is 1.44 bits per heavy atom. The molecule has 0 radical (unpaired) electrons. The lowest BCUT2D eigenvalue weighted by atomic mass is 10.0. The summed E-state index contributed by atoms with van der Waals surface area (Å²) in [5.74, 6) is -9.99. The van der Waals surface area contributed by atoms with Crippen LogP contribution in [0, 0.1) is 0 Å². The van der Waals surface area contributed by atoms with Crippen molar-refractivity contribution in [2.24, 2.45) is 15.8 Å². The normalized spacial score (nSPS) is 18.7. The number of carbonyl (C=O) groups excluding carboxylic acids is 7. The molecule has 70 heavy (non-hydrogen) atoms. The molecule has 0 aliphatic carbocycles. The number of carboxylic acid groups (broad SMARTS) is 1. The molecule has 3 aromatic rings. The van der Waals surface area contributed by atoms with Crippen LogP contribution in [0.2, 0.25) is 0 Å². The number of hydrogen-bond donors (Lipinski definition) is 11. The fraction of sp³-hybridized carbons (Fsp3) is 0.357. The number of aliphatic carboxylic acids is 1. The van der Waals surface area contributed by atoms with Gasteiger partial charge in [0.05, 0.1) is 24.7 Å². The van der Waals surface area contributed by atoms with Gasteiger partial charge in [-0.1, -0.05) is 48.5 Å². The third-order valence-electron chi connectivity index (χ3n) is 9.88. The number of unbranched alkanes of at least 4 members (excludes halogenated alkanes) is 1. The molecule has 1 aliphatic heterocycles. The second-order valence-corrected chi connectivity index (χ2v) is 16.6. The van der Waals surface area contributed by atoms with Gasteiger partial charge in [0.15, 0.2) is 5.96 Å². The van der Waals surface area contributed by atoms with E-state index < -0.39 is 107 Å². The Morgan fingerprint density at radius 1 is 0.814 bits per heavy atom. The van der Waals surface area contributed by atoms with E-state index in [0.717, 1.165) is 6.21 Å². The molecule has 2 aromatic carbocycles. The summed E-state index contributed by atoms with van der Waals surface area (Å²) in [7, 11) is -4.51. The summed E-state index contributed by atoms with van der Waals surface area (Å²) in [4.78, 5) is 111. The fourth-order valence-electron chi connectivity index (χ4n) is 6.42. The van der Waals surface area contributed by atoms with Gasteiger partial charge in [-0.15, -0.1) is 0 Å². The molecule has 0 spiro atoms. The minimum Gasteiger partial charge on any atom is -0.481 e. The Balaban J connectivity index is 1.49. The molecular formula is C42H49F3N12O12S. The van der Waals surface area contributed by atoms with Gasteiger partial charge in [0.2, 0.25) is 29.5 Å². The minimum atomic E-state index is -5.25.